The Balaban J connectivity index is 1.50. The zero-order chi connectivity index (χ0) is 24.4. The molecule has 0 unspecified atom stereocenters. The Bertz CT molecular complexity index is 1590. The minimum absolute atomic E-state index is 0.0258. The topological polar surface area (TPSA) is 89.0 Å². The number of hydrogen-bond acceptors (Lipinski definition) is 5. The lowest BCUT2D eigenvalue weighted by Crippen LogP contribution is -2.23. The van der Waals surface area contributed by atoms with Crippen molar-refractivity contribution in [1.29, 1.82) is 0 Å². The fraction of sp³-hybridized carbons (Fsp3) is 0.115. The molecule has 2 heterocycles. The molecular weight excluding hydrogens is 467 g/mol. The number of hydrogen-bond donors (Lipinski definition) is 2. The Morgan fingerprint density at radius 3 is 2.60 bits per heavy atom. The first-order chi connectivity index (χ1) is 17.0. The van der Waals surface area contributed by atoms with Crippen LogP contribution >= 0.6 is 11.8 Å². The van der Waals surface area contributed by atoms with Gasteiger partial charge in [-0.15, -0.1) is 0 Å². The van der Waals surface area contributed by atoms with Crippen LogP contribution in [0.3, 0.4) is 0 Å². The number of anilines is 1. The van der Waals surface area contributed by atoms with Gasteiger partial charge < -0.3 is 15.0 Å². The van der Waals surface area contributed by atoms with E-state index in [1.807, 2.05) is 31.2 Å². The first-order valence-corrected chi connectivity index (χ1v) is 12.0. The number of halogens is 1. The Hall–Kier alpha value is -4.11. The van der Waals surface area contributed by atoms with Gasteiger partial charge >= 0.3 is 0 Å². The summed E-state index contributed by atoms with van der Waals surface area (Å²) in [5.74, 6) is -0.160. The number of H-pyrrole nitrogens is 1. The first-order valence-electron chi connectivity index (χ1n) is 11.0. The van der Waals surface area contributed by atoms with Crippen molar-refractivity contribution in [2.75, 3.05) is 17.7 Å². The highest BCUT2D eigenvalue weighted by molar-refractivity contribution is 7.99. The molecule has 176 valence electrons. The number of rotatable bonds is 7. The summed E-state index contributed by atoms with van der Waals surface area (Å²) in [6.07, 6.45) is 0. The Morgan fingerprint density at radius 2 is 1.83 bits per heavy atom. The van der Waals surface area contributed by atoms with Crippen LogP contribution in [-0.4, -0.2) is 32.8 Å². The summed E-state index contributed by atoms with van der Waals surface area (Å²) in [5.41, 5.74) is 1.75. The quantitative estimate of drug-likeness (QED) is 0.245. The second-order valence-corrected chi connectivity index (χ2v) is 8.62. The van der Waals surface area contributed by atoms with Gasteiger partial charge in [0, 0.05) is 16.6 Å². The van der Waals surface area contributed by atoms with E-state index in [-0.39, 0.29) is 28.0 Å². The molecular formula is C26H21FN4O3S. The summed E-state index contributed by atoms with van der Waals surface area (Å²) in [6, 6.07) is 20.5. The highest BCUT2D eigenvalue weighted by Crippen LogP contribution is 2.27. The van der Waals surface area contributed by atoms with Gasteiger partial charge in [-0.25, -0.2) is 9.37 Å². The van der Waals surface area contributed by atoms with E-state index in [0.29, 0.717) is 23.6 Å². The molecule has 0 bridgehead atoms. The lowest BCUT2D eigenvalue weighted by molar-refractivity contribution is -0.113. The summed E-state index contributed by atoms with van der Waals surface area (Å²) >= 11 is 1.06. The van der Waals surface area contributed by atoms with Crippen molar-refractivity contribution in [2.24, 2.45) is 0 Å². The van der Waals surface area contributed by atoms with Crippen molar-refractivity contribution in [3.8, 4) is 11.4 Å². The predicted molar refractivity (Wildman–Crippen MR) is 136 cm³/mol. The van der Waals surface area contributed by atoms with Gasteiger partial charge in [0.1, 0.15) is 22.6 Å². The molecule has 0 aliphatic rings. The second kappa shape index (κ2) is 9.63. The van der Waals surface area contributed by atoms with Crippen LogP contribution in [0.1, 0.15) is 6.92 Å². The predicted octanol–water partition coefficient (Wildman–Crippen LogP) is 5.14. The molecule has 9 heteroatoms. The van der Waals surface area contributed by atoms with Crippen LogP contribution in [0, 0.1) is 5.82 Å². The van der Waals surface area contributed by atoms with Gasteiger partial charge in [0.25, 0.3) is 5.56 Å². The number of aromatic amines is 1. The van der Waals surface area contributed by atoms with Crippen LogP contribution in [-0.2, 0) is 4.79 Å². The molecule has 5 rings (SSSR count). The van der Waals surface area contributed by atoms with Crippen molar-refractivity contribution in [3.05, 3.63) is 89.0 Å². The molecule has 0 saturated carbocycles. The number of aromatic nitrogens is 3. The third kappa shape index (κ3) is 4.50. The zero-order valence-corrected chi connectivity index (χ0v) is 19.6. The fourth-order valence-electron chi connectivity index (χ4n) is 3.81. The van der Waals surface area contributed by atoms with E-state index in [1.165, 1.54) is 16.7 Å². The van der Waals surface area contributed by atoms with Crippen LogP contribution in [0.4, 0.5) is 10.1 Å². The van der Waals surface area contributed by atoms with Crippen molar-refractivity contribution in [2.45, 2.75) is 12.1 Å². The molecule has 0 aliphatic heterocycles. The lowest BCUT2D eigenvalue weighted by Gasteiger charge is -2.13. The van der Waals surface area contributed by atoms with E-state index in [4.69, 9.17) is 4.74 Å². The number of carbonyl (C=O) groups is 1. The van der Waals surface area contributed by atoms with Crippen molar-refractivity contribution in [1.82, 2.24) is 14.5 Å². The standard InChI is InChI=1S/C26H21FN4O3S/c1-2-34-17-13-11-16(12-14-17)28-22(32)15-35-26-30-23-18-7-3-5-9-20(18)29-24(23)25(33)31(26)21-10-6-4-8-19(21)27/h3-14,29H,2,15H2,1H3,(H,28,32). The number of nitrogens with one attached hydrogen (secondary N) is 2. The molecule has 3 aromatic carbocycles. The molecule has 5 aromatic rings. The van der Waals surface area contributed by atoms with Crippen LogP contribution in [0.15, 0.2) is 82.7 Å². The smallest absolute Gasteiger partial charge is 0.283 e. The molecule has 0 saturated heterocycles. The third-order valence-electron chi connectivity index (χ3n) is 5.37. The number of ether oxygens (including phenoxy) is 1. The summed E-state index contributed by atoms with van der Waals surface area (Å²) in [6.45, 7) is 2.45. The molecule has 35 heavy (non-hydrogen) atoms. The van der Waals surface area contributed by atoms with Gasteiger partial charge in [0.2, 0.25) is 5.91 Å². The van der Waals surface area contributed by atoms with Crippen molar-refractivity contribution in [3.63, 3.8) is 0 Å². The van der Waals surface area contributed by atoms with Crippen molar-refractivity contribution < 1.29 is 13.9 Å². The average Bonchev–Trinajstić information content (AvgIpc) is 3.24. The summed E-state index contributed by atoms with van der Waals surface area (Å²) in [5, 5.41) is 3.82. The van der Waals surface area contributed by atoms with Gasteiger partial charge in [-0.1, -0.05) is 42.1 Å². The molecule has 0 aliphatic carbocycles. The lowest BCUT2D eigenvalue weighted by atomic mass is 10.2. The first kappa shape index (κ1) is 22.7. The molecule has 2 aromatic heterocycles. The minimum Gasteiger partial charge on any atom is -0.494 e. The number of carbonyl (C=O) groups excluding carboxylic acids is 1. The van der Waals surface area contributed by atoms with E-state index in [0.717, 1.165) is 22.7 Å². The van der Waals surface area contributed by atoms with Gasteiger partial charge in [-0.3, -0.25) is 14.2 Å². The highest BCUT2D eigenvalue weighted by atomic mass is 32.2. The van der Waals surface area contributed by atoms with Gasteiger partial charge in [-0.05, 0) is 49.4 Å². The fourth-order valence-corrected chi connectivity index (χ4v) is 4.61. The average molecular weight is 489 g/mol. The Morgan fingerprint density at radius 1 is 1.09 bits per heavy atom. The minimum atomic E-state index is -0.562. The molecule has 1 amide bonds. The van der Waals surface area contributed by atoms with Crippen LogP contribution in [0.25, 0.3) is 27.6 Å². The van der Waals surface area contributed by atoms with E-state index in [1.54, 1.807) is 36.4 Å². The second-order valence-electron chi connectivity index (χ2n) is 7.67. The summed E-state index contributed by atoms with van der Waals surface area (Å²) < 4.78 is 21.3. The number of benzene rings is 3. The number of nitrogens with zero attached hydrogens (tertiary/aromatic N) is 2. The van der Waals surface area contributed by atoms with Gasteiger partial charge in [0.15, 0.2) is 5.16 Å². The number of fused-ring (bicyclic) bond motifs is 3. The summed E-state index contributed by atoms with van der Waals surface area (Å²) in [4.78, 5) is 33.9. The van der Waals surface area contributed by atoms with E-state index >= 15 is 0 Å². The molecule has 0 atom stereocenters. The maximum Gasteiger partial charge on any atom is 0.283 e. The molecule has 2 N–H and O–H groups in total. The highest BCUT2D eigenvalue weighted by Gasteiger charge is 2.19. The maximum atomic E-state index is 14.7. The monoisotopic (exact) mass is 488 g/mol. The van der Waals surface area contributed by atoms with E-state index in [9.17, 15) is 14.0 Å². The van der Waals surface area contributed by atoms with Crippen LogP contribution < -0.4 is 15.6 Å². The molecule has 0 spiro atoms. The normalized spacial score (nSPS) is 11.1. The van der Waals surface area contributed by atoms with Crippen LogP contribution in [0.2, 0.25) is 0 Å². The van der Waals surface area contributed by atoms with Gasteiger partial charge in [0.05, 0.1) is 18.0 Å². The molecule has 0 radical (unpaired) electrons. The SMILES string of the molecule is CCOc1ccc(NC(=O)CSc2nc3c([nH]c4ccccc43)c(=O)n2-c2ccccc2F)cc1. The maximum absolute atomic E-state index is 14.7. The largest absolute Gasteiger partial charge is 0.494 e. The zero-order valence-electron chi connectivity index (χ0n) is 18.7. The summed E-state index contributed by atoms with van der Waals surface area (Å²) in [7, 11) is 0. The Kier molecular flexibility index (Phi) is 6.24. The van der Waals surface area contributed by atoms with Crippen LogP contribution in [0.5, 0.6) is 5.75 Å². The van der Waals surface area contributed by atoms with E-state index < -0.39 is 11.4 Å². The molecule has 0 fully saturated rings. The number of para-hydroxylation sites is 2. The number of thioether (sulfide) groups is 1. The van der Waals surface area contributed by atoms with Gasteiger partial charge in [-0.2, -0.15) is 0 Å². The Labute approximate surface area is 204 Å². The number of amides is 1. The third-order valence-corrected chi connectivity index (χ3v) is 6.31. The molecule has 7 nitrogen and oxygen atoms in total. The van der Waals surface area contributed by atoms with Crippen molar-refractivity contribution >= 4 is 45.3 Å². The van der Waals surface area contributed by atoms with E-state index in [2.05, 4.69) is 15.3 Å².